The van der Waals surface area contributed by atoms with E-state index in [1.165, 1.54) is 53.2 Å². The molecule has 0 spiro atoms. The highest BCUT2D eigenvalue weighted by molar-refractivity contribution is 7.25. The zero-order valence-electron chi connectivity index (χ0n) is 31.3. The largest absolute Gasteiger partial charge is 0.456 e. The van der Waals surface area contributed by atoms with Crippen molar-refractivity contribution in [3.8, 4) is 27.9 Å². The average Bonchev–Trinajstić information content (AvgIpc) is 3.96. The van der Waals surface area contributed by atoms with E-state index in [2.05, 4.69) is 204 Å². The number of rotatable bonds is 6. The Kier molecular flexibility index (Phi) is 7.40. The van der Waals surface area contributed by atoms with Gasteiger partial charge in [-0.1, -0.05) is 127 Å². The van der Waals surface area contributed by atoms with Gasteiger partial charge in [0.1, 0.15) is 11.2 Å². The summed E-state index contributed by atoms with van der Waals surface area (Å²) in [5.41, 5.74) is 13.3. The molecule has 0 radical (unpaired) electrons. The molecule has 0 saturated heterocycles. The van der Waals surface area contributed by atoms with Crippen LogP contribution in [0.5, 0.6) is 0 Å². The zero-order chi connectivity index (χ0) is 38.2. The van der Waals surface area contributed by atoms with Crippen molar-refractivity contribution in [2.24, 2.45) is 0 Å². The van der Waals surface area contributed by atoms with Gasteiger partial charge in [-0.05, 0) is 95.1 Å². The molecule has 272 valence electrons. The summed E-state index contributed by atoms with van der Waals surface area (Å²) in [6, 6.07) is 74.5. The first-order chi connectivity index (χ1) is 28.7. The lowest BCUT2D eigenvalue weighted by Crippen LogP contribution is -2.09. The number of fused-ring (bicyclic) bond motifs is 9. The number of anilines is 3. The third kappa shape index (κ3) is 5.27. The van der Waals surface area contributed by atoms with Crippen LogP contribution in [-0.4, -0.2) is 4.57 Å². The number of hydrogen-bond donors (Lipinski definition) is 0. The highest BCUT2D eigenvalue weighted by Crippen LogP contribution is 2.42. The molecule has 0 aliphatic carbocycles. The number of para-hydroxylation sites is 2. The van der Waals surface area contributed by atoms with Crippen molar-refractivity contribution in [3.63, 3.8) is 0 Å². The monoisotopic (exact) mass is 758 g/mol. The van der Waals surface area contributed by atoms with E-state index in [0.717, 1.165) is 55.8 Å². The molecule has 3 nitrogen and oxygen atoms in total. The van der Waals surface area contributed by atoms with Gasteiger partial charge in [0.2, 0.25) is 0 Å². The molecular formula is C54H34N2OS. The van der Waals surface area contributed by atoms with Gasteiger partial charge in [-0.2, -0.15) is 0 Å². The Bertz CT molecular complexity index is 3500. The van der Waals surface area contributed by atoms with Crippen LogP contribution in [0.2, 0.25) is 0 Å². The lowest BCUT2D eigenvalue weighted by molar-refractivity contribution is 0.668. The van der Waals surface area contributed by atoms with E-state index in [4.69, 9.17) is 4.42 Å². The zero-order valence-corrected chi connectivity index (χ0v) is 32.2. The van der Waals surface area contributed by atoms with Gasteiger partial charge in [0.05, 0.1) is 11.0 Å². The standard InChI is InChI=1S/C54H34N2OS/c1-2-10-35(11-3-1)36-18-23-39(24-19-36)55(42-28-31-48-47-14-6-9-17-53(47)58-54(48)34-42)40-25-20-37(21-26-40)38-22-29-44-43-12-4-7-15-49(43)56(50(44)32-38)41-27-30-46-45-13-5-8-16-51(45)57-52(46)33-41/h1-34H. The summed E-state index contributed by atoms with van der Waals surface area (Å²) in [5.74, 6) is 0. The number of furan rings is 1. The number of thiophene rings is 1. The normalized spacial score (nSPS) is 11.8. The molecule has 3 heterocycles. The Hall–Kier alpha value is -7.40. The summed E-state index contributed by atoms with van der Waals surface area (Å²) in [4.78, 5) is 2.37. The topological polar surface area (TPSA) is 21.3 Å². The van der Waals surface area contributed by atoms with E-state index >= 15 is 0 Å². The minimum atomic E-state index is 0.891. The second-order valence-electron chi connectivity index (χ2n) is 14.9. The molecule has 3 aromatic heterocycles. The Labute approximate surface area is 338 Å². The van der Waals surface area contributed by atoms with Crippen molar-refractivity contribution >= 4 is 92.3 Å². The average molecular weight is 759 g/mol. The van der Waals surface area contributed by atoms with E-state index in [0.29, 0.717) is 0 Å². The lowest BCUT2D eigenvalue weighted by Gasteiger charge is -2.26. The molecule has 0 saturated carbocycles. The third-order valence-corrected chi connectivity index (χ3v) is 12.7. The summed E-state index contributed by atoms with van der Waals surface area (Å²) in [5, 5.41) is 7.33. The maximum atomic E-state index is 6.35. The molecule has 0 bridgehead atoms. The van der Waals surface area contributed by atoms with Gasteiger partial charge < -0.3 is 13.9 Å². The fourth-order valence-corrected chi connectivity index (χ4v) is 9.96. The van der Waals surface area contributed by atoms with Crippen LogP contribution < -0.4 is 4.90 Å². The molecule has 12 aromatic rings. The summed E-state index contributed by atoms with van der Waals surface area (Å²) >= 11 is 1.85. The Morgan fingerprint density at radius 1 is 0.345 bits per heavy atom. The number of nitrogens with zero attached hydrogens (tertiary/aromatic N) is 2. The van der Waals surface area contributed by atoms with Crippen molar-refractivity contribution < 1.29 is 4.42 Å². The quantitative estimate of drug-likeness (QED) is 0.168. The molecule has 0 amide bonds. The van der Waals surface area contributed by atoms with E-state index in [-0.39, 0.29) is 0 Å². The summed E-state index contributed by atoms with van der Waals surface area (Å²) in [6.45, 7) is 0. The fourth-order valence-electron chi connectivity index (χ4n) is 8.82. The molecule has 9 aromatic carbocycles. The van der Waals surface area contributed by atoms with Crippen molar-refractivity contribution in [2.45, 2.75) is 0 Å². The fraction of sp³-hybridized carbons (Fsp3) is 0. The predicted molar refractivity (Wildman–Crippen MR) is 247 cm³/mol. The van der Waals surface area contributed by atoms with Crippen molar-refractivity contribution in [3.05, 3.63) is 206 Å². The van der Waals surface area contributed by atoms with Crippen LogP contribution in [0.25, 0.3) is 91.9 Å². The van der Waals surface area contributed by atoms with E-state index in [1.54, 1.807) is 0 Å². The lowest BCUT2D eigenvalue weighted by atomic mass is 10.0. The van der Waals surface area contributed by atoms with Crippen LogP contribution in [0.1, 0.15) is 0 Å². The Morgan fingerprint density at radius 2 is 0.897 bits per heavy atom. The first-order valence-electron chi connectivity index (χ1n) is 19.7. The van der Waals surface area contributed by atoms with Gasteiger partial charge >= 0.3 is 0 Å². The van der Waals surface area contributed by atoms with Crippen molar-refractivity contribution in [2.75, 3.05) is 4.90 Å². The van der Waals surface area contributed by atoms with Gasteiger partial charge in [-0.15, -0.1) is 11.3 Å². The van der Waals surface area contributed by atoms with Crippen LogP contribution in [0.15, 0.2) is 211 Å². The highest BCUT2D eigenvalue weighted by atomic mass is 32.1. The minimum Gasteiger partial charge on any atom is -0.456 e. The number of aromatic nitrogens is 1. The molecule has 0 atom stereocenters. The van der Waals surface area contributed by atoms with Gasteiger partial charge in [0.25, 0.3) is 0 Å². The van der Waals surface area contributed by atoms with Crippen LogP contribution >= 0.6 is 11.3 Å². The SMILES string of the molecule is c1ccc(-c2ccc(N(c3ccc(-c4ccc5c6ccccc6n(-c6ccc7c(c6)oc6ccccc67)c5c4)cc3)c3ccc4c(c3)sc3ccccc34)cc2)cc1. The maximum Gasteiger partial charge on any atom is 0.137 e. The van der Waals surface area contributed by atoms with Gasteiger partial charge in [-0.3, -0.25) is 0 Å². The number of hydrogen-bond acceptors (Lipinski definition) is 3. The van der Waals surface area contributed by atoms with Gasteiger partial charge in [-0.25, -0.2) is 0 Å². The van der Waals surface area contributed by atoms with Crippen molar-refractivity contribution in [1.82, 2.24) is 4.57 Å². The first-order valence-corrected chi connectivity index (χ1v) is 20.5. The molecule has 0 fully saturated rings. The molecule has 0 unspecified atom stereocenters. The predicted octanol–water partition coefficient (Wildman–Crippen LogP) is 15.9. The molecule has 0 N–H and O–H groups in total. The van der Waals surface area contributed by atoms with Crippen LogP contribution in [0, 0.1) is 0 Å². The Balaban J connectivity index is 0.964. The van der Waals surface area contributed by atoms with Crippen molar-refractivity contribution in [1.29, 1.82) is 0 Å². The summed E-state index contributed by atoms with van der Waals surface area (Å²) < 4.78 is 11.3. The van der Waals surface area contributed by atoms with Crippen LogP contribution in [-0.2, 0) is 0 Å². The molecule has 12 rings (SSSR count). The second-order valence-corrected chi connectivity index (χ2v) is 16.0. The highest BCUT2D eigenvalue weighted by Gasteiger charge is 2.18. The first kappa shape index (κ1) is 32.8. The third-order valence-electron chi connectivity index (χ3n) is 11.6. The number of benzene rings is 9. The molecule has 0 aliphatic heterocycles. The smallest absolute Gasteiger partial charge is 0.137 e. The van der Waals surface area contributed by atoms with E-state index < -0.39 is 0 Å². The van der Waals surface area contributed by atoms with Gasteiger partial charge in [0, 0.05) is 70.5 Å². The summed E-state index contributed by atoms with van der Waals surface area (Å²) in [6.07, 6.45) is 0. The summed E-state index contributed by atoms with van der Waals surface area (Å²) in [7, 11) is 0. The molecular weight excluding hydrogens is 725 g/mol. The van der Waals surface area contributed by atoms with Crippen LogP contribution in [0.4, 0.5) is 17.1 Å². The minimum absolute atomic E-state index is 0.891. The van der Waals surface area contributed by atoms with Crippen LogP contribution in [0.3, 0.4) is 0 Å². The molecule has 4 heteroatoms. The Morgan fingerprint density at radius 3 is 1.71 bits per heavy atom. The molecule has 58 heavy (non-hydrogen) atoms. The maximum absolute atomic E-state index is 6.35. The van der Waals surface area contributed by atoms with Gasteiger partial charge in [0.15, 0.2) is 0 Å². The molecule has 0 aliphatic rings. The van der Waals surface area contributed by atoms with E-state index in [9.17, 15) is 0 Å². The van der Waals surface area contributed by atoms with E-state index in [1.807, 2.05) is 23.5 Å². The second kappa shape index (κ2) is 13.1.